The Morgan fingerprint density at radius 2 is 0.762 bits per heavy atom. The Hall–Kier alpha value is -1.40. The van der Waals surface area contributed by atoms with E-state index in [0.29, 0.717) is 19.3 Å². The zero-order valence-corrected chi connectivity index (χ0v) is 42.7. The lowest BCUT2D eigenvalue weighted by Crippen LogP contribution is -2.46. The quantitative estimate of drug-likeness (QED) is 0.0321. The van der Waals surface area contributed by atoms with Crippen LogP contribution in [-0.4, -0.2) is 46.9 Å². The van der Waals surface area contributed by atoms with Crippen LogP contribution in [0.4, 0.5) is 0 Å². The van der Waals surface area contributed by atoms with Crippen LogP contribution in [0.5, 0.6) is 0 Å². The van der Waals surface area contributed by atoms with Crippen LogP contribution in [-0.2, 0) is 14.3 Å². The molecule has 0 aromatic heterocycles. The summed E-state index contributed by atoms with van der Waals surface area (Å²) in [4.78, 5) is 26.2. The maximum Gasteiger partial charge on any atom is 0.306 e. The van der Waals surface area contributed by atoms with Crippen molar-refractivity contribution in [2.24, 2.45) is 0 Å². The molecule has 0 aromatic rings. The number of aliphatic hydroxyl groups excluding tert-OH is 2. The summed E-state index contributed by atoms with van der Waals surface area (Å²) in [5, 5.41) is 23.9. The first kappa shape index (κ1) is 61.6. The molecule has 0 spiro atoms. The molecule has 0 aromatic carbocycles. The summed E-state index contributed by atoms with van der Waals surface area (Å²) in [6.45, 7) is 6.52. The summed E-state index contributed by atoms with van der Waals surface area (Å²) < 4.78 is 5.96. The lowest BCUT2D eigenvalue weighted by atomic mass is 10.0. The fourth-order valence-corrected chi connectivity index (χ4v) is 9.02. The van der Waals surface area contributed by atoms with Crippen molar-refractivity contribution >= 4 is 11.9 Å². The molecular weight excluding hydrogens is 779 g/mol. The lowest BCUT2D eigenvalue weighted by Gasteiger charge is -2.24. The van der Waals surface area contributed by atoms with E-state index in [-0.39, 0.29) is 24.9 Å². The molecule has 0 saturated heterocycles. The molecule has 374 valence electrons. The van der Waals surface area contributed by atoms with Gasteiger partial charge in [0.15, 0.2) is 0 Å². The van der Waals surface area contributed by atoms with Crippen molar-refractivity contribution < 1.29 is 24.5 Å². The average Bonchev–Trinajstić information content (AvgIpc) is 3.28. The Bertz CT molecular complexity index is 955. The minimum atomic E-state index is -0.783. The van der Waals surface area contributed by atoms with Crippen LogP contribution >= 0.6 is 0 Å². The number of hydrogen-bond acceptors (Lipinski definition) is 5. The number of nitrogens with one attached hydrogen (secondary N) is 1. The molecule has 0 radical (unpaired) electrons. The smallest absolute Gasteiger partial charge is 0.306 e. The van der Waals surface area contributed by atoms with Gasteiger partial charge in [0.05, 0.1) is 25.2 Å². The number of aliphatic hydroxyl groups is 2. The van der Waals surface area contributed by atoms with Crippen LogP contribution in [0.2, 0.25) is 0 Å². The van der Waals surface area contributed by atoms with E-state index in [1.54, 1.807) is 0 Å². The van der Waals surface area contributed by atoms with Gasteiger partial charge in [0.25, 0.3) is 0 Å². The van der Waals surface area contributed by atoms with Gasteiger partial charge in [0, 0.05) is 6.42 Å². The number of allylic oxidation sites excluding steroid dienone is 2. The standard InChI is InChI=1S/C57H111NO5/c1-4-7-10-13-16-19-22-25-27-28-29-31-33-36-39-42-45-48-53(63-57(62)50-47-44-41-38-35-30-24-21-18-15-12-9-6-3)51-56(61)58-54(52-59)55(60)49-46-43-40-37-34-32-26-23-20-17-14-11-8-5-2/h25,27,53-55,59-60H,4-24,26,28-52H2,1-3H3,(H,58,61)/b27-25+. The average molecular weight is 891 g/mol. The van der Waals surface area contributed by atoms with E-state index >= 15 is 0 Å². The fraction of sp³-hybridized carbons (Fsp3) is 0.930. The maximum absolute atomic E-state index is 13.2. The van der Waals surface area contributed by atoms with Gasteiger partial charge in [-0.15, -0.1) is 0 Å². The van der Waals surface area contributed by atoms with Crippen molar-refractivity contribution in [2.75, 3.05) is 6.61 Å². The number of amides is 1. The molecule has 6 heteroatoms. The molecule has 0 rings (SSSR count). The highest BCUT2D eigenvalue weighted by Gasteiger charge is 2.24. The minimum absolute atomic E-state index is 0.0821. The Morgan fingerprint density at radius 3 is 1.13 bits per heavy atom. The van der Waals surface area contributed by atoms with Crippen LogP contribution < -0.4 is 5.32 Å². The number of ether oxygens (including phenoxy) is 1. The number of hydrogen-bond donors (Lipinski definition) is 3. The molecule has 3 N–H and O–H groups in total. The third kappa shape index (κ3) is 46.9. The van der Waals surface area contributed by atoms with Crippen LogP contribution in [0.15, 0.2) is 12.2 Å². The van der Waals surface area contributed by atoms with Crippen LogP contribution in [0, 0.1) is 0 Å². The molecule has 1 amide bonds. The predicted octanol–water partition coefficient (Wildman–Crippen LogP) is 17.3. The molecule has 6 nitrogen and oxygen atoms in total. The largest absolute Gasteiger partial charge is 0.462 e. The van der Waals surface area contributed by atoms with E-state index in [1.165, 1.54) is 218 Å². The third-order valence-electron chi connectivity index (χ3n) is 13.3. The minimum Gasteiger partial charge on any atom is -0.462 e. The van der Waals surface area contributed by atoms with Gasteiger partial charge in [0.2, 0.25) is 5.91 Å². The van der Waals surface area contributed by atoms with E-state index in [9.17, 15) is 19.8 Å². The summed E-state index contributed by atoms with van der Waals surface area (Å²) in [6, 6.07) is -0.697. The molecule has 0 bridgehead atoms. The zero-order valence-electron chi connectivity index (χ0n) is 42.7. The number of esters is 1. The van der Waals surface area contributed by atoms with E-state index < -0.39 is 18.2 Å². The number of rotatable bonds is 52. The van der Waals surface area contributed by atoms with Gasteiger partial charge in [-0.25, -0.2) is 0 Å². The van der Waals surface area contributed by atoms with Crippen molar-refractivity contribution in [3.63, 3.8) is 0 Å². The topological polar surface area (TPSA) is 95.9 Å². The molecule has 63 heavy (non-hydrogen) atoms. The second-order valence-electron chi connectivity index (χ2n) is 19.7. The van der Waals surface area contributed by atoms with E-state index in [0.717, 1.165) is 51.4 Å². The zero-order chi connectivity index (χ0) is 45.9. The third-order valence-corrected chi connectivity index (χ3v) is 13.3. The molecule has 0 aliphatic heterocycles. The summed E-state index contributed by atoms with van der Waals surface area (Å²) >= 11 is 0. The van der Waals surface area contributed by atoms with Gasteiger partial charge >= 0.3 is 5.97 Å². The van der Waals surface area contributed by atoms with Gasteiger partial charge < -0.3 is 20.3 Å². The van der Waals surface area contributed by atoms with Crippen molar-refractivity contribution in [2.45, 2.75) is 334 Å². The number of unbranched alkanes of at least 4 members (excludes halogenated alkanes) is 38. The highest BCUT2D eigenvalue weighted by Crippen LogP contribution is 2.19. The maximum atomic E-state index is 13.2. The second-order valence-corrected chi connectivity index (χ2v) is 19.7. The van der Waals surface area contributed by atoms with Crippen LogP contribution in [0.1, 0.15) is 316 Å². The normalized spacial score (nSPS) is 13.2. The second kappa shape index (κ2) is 51.6. The van der Waals surface area contributed by atoms with E-state index in [2.05, 4.69) is 38.2 Å². The molecule has 0 aliphatic rings. The Kier molecular flexibility index (Phi) is 50.4. The Morgan fingerprint density at radius 1 is 0.444 bits per heavy atom. The van der Waals surface area contributed by atoms with Gasteiger partial charge in [-0.1, -0.05) is 264 Å². The van der Waals surface area contributed by atoms with Gasteiger partial charge in [0.1, 0.15) is 6.10 Å². The fourth-order valence-electron chi connectivity index (χ4n) is 9.02. The Labute approximate surface area is 393 Å². The van der Waals surface area contributed by atoms with Gasteiger partial charge in [-0.3, -0.25) is 9.59 Å². The van der Waals surface area contributed by atoms with Gasteiger partial charge in [-0.05, 0) is 51.4 Å². The van der Waals surface area contributed by atoms with E-state index in [1.807, 2.05) is 0 Å². The first-order chi connectivity index (χ1) is 31.0. The molecule has 3 unspecified atom stereocenters. The summed E-state index contributed by atoms with van der Waals surface area (Å²) in [6.07, 6.45) is 58.4. The van der Waals surface area contributed by atoms with Crippen molar-refractivity contribution in [3.05, 3.63) is 12.2 Å². The molecule has 0 saturated carbocycles. The Balaban J connectivity index is 4.52. The highest BCUT2D eigenvalue weighted by molar-refractivity contribution is 5.77. The first-order valence-electron chi connectivity index (χ1n) is 28.4. The molecule has 3 atom stereocenters. The molecular formula is C57H111NO5. The lowest BCUT2D eigenvalue weighted by molar-refractivity contribution is -0.151. The van der Waals surface area contributed by atoms with Crippen molar-refractivity contribution in [3.8, 4) is 0 Å². The number of carbonyl (C=O) groups excluding carboxylic acids is 2. The molecule has 0 fully saturated rings. The van der Waals surface area contributed by atoms with Crippen molar-refractivity contribution in [1.82, 2.24) is 5.32 Å². The predicted molar refractivity (Wildman–Crippen MR) is 273 cm³/mol. The first-order valence-corrected chi connectivity index (χ1v) is 28.4. The van der Waals surface area contributed by atoms with Gasteiger partial charge in [-0.2, -0.15) is 0 Å². The number of carbonyl (C=O) groups is 2. The summed E-state index contributed by atoms with van der Waals surface area (Å²) in [7, 11) is 0. The highest BCUT2D eigenvalue weighted by atomic mass is 16.5. The van der Waals surface area contributed by atoms with Crippen LogP contribution in [0.3, 0.4) is 0 Å². The monoisotopic (exact) mass is 890 g/mol. The SMILES string of the molecule is CCCCCCCC/C=C/CCCCCCCCCC(CC(=O)NC(CO)C(O)CCCCCCCCCCCCCCCC)OC(=O)CCCCCCCCCCCCCCC. The summed E-state index contributed by atoms with van der Waals surface area (Å²) in [5.41, 5.74) is 0. The molecule has 0 heterocycles. The molecule has 0 aliphatic carbocycles. The van der Waals surface area contributed by atoms with Crippen molar-refractivity contribution in [1.29, 1.82) is 0 Å². The summed E-state index contributed by atoms with van der Waals surface area (Å²) in [5.74, 6) is -0.456. The van der Waals surface area contributed by atoms with E-state index in [4.69, 9.17) is 4.74 Å². The van der Waals surface area contributed by atoms with Crippen LogP contribution in [0.25, 0.3) is 0 Å².